The maximum atomic E-state index is 12.3. The summed E-state index contributed by atoms with van der Waals surface area (Å²) in [7, 11) is 4.14. The summed E-state index contributed by atoms with van der Waals surface area (Å²) in [6.07, 6.45) is 4.18. The lowest BCUT2D eigenvalue weighted by Crippen LogP contribution is -2.35. The van der Waals surface area contributed by atoms with Crippen LogP contribution in [-0.4, -0.2) is 41.9 Å². The Morgan fingerprint density at radius 1 is 1.48 bits per heavy atom. The van der Waals surface area contributed by atoms with E-state index >= 15 is 0 Å². The van der Waals surface area contributed by atoms with Crippen LogP contribution < -0.4 is 10.9 Å². The molecule has 1 N–H and O–H groups in total. The van der Waals surface area contributed by atoms with E-state index in [4.69, 9.17) is 0 Å². The predicted molar refractivity (Wildman–Crippen MR) is 89.7 cm³/mol. The van der Waals surface area contributed by atoms with Gasteiger partial charge in [0.15, 0.2) is 0 Å². The van der Waals surface area contributed by atoms with E-state index in [0.717, 1.165) is 25.3 Å². The van der Waals surface area contributed by atoms with Gasteiger partial charge >= 0.3 is 0 Å². The molecule has 0 atom stereocenters. The van der Waals surface area contributed by atoms with E-state index in [9.17, 15) is 4.79 Å². The van der Waals surface area contributed by atoms with Gasteiger partial charge in [0.2, 0.25) is 0 Å². The number of hydrogen-bond acceptors (Lipinski definition) is 4. The van der Waals surface area contributed by atoms with Crippen LogP contribution in [0.3, 0.4) is 0 Å². The van der Waals surface area contributed by atoms with Crippen molar-refractivity contribution in [3.8, 4) is 0 Å². The van der Waals surface area contributed by atoms with Gasteiger partial charge in [-0.3, -0.25) is 4.79 Å². The van der Waals surface area contributed by atoms with Crippen molar-refractivity contribution < 1.29 is 0 Å². The molecule has 5 nitrogen and oxygen atoms in total. The number of nitrogens with zero attached hydrogens (tertiary/aromatic N) is 3. The van der Waals surface area contributed by atoms with E-state index in [2.05, 4.69) is 59.2 Å². The fraction of sp³-hybridized carbons (Fsp3) is 0.733. The second-order valence-corrected chi connectivity index (χ2v) is 7.85. The van der Waals surface area contributed by atoms with Gasteiger partial charge in [-0.05, 0) is 54.2 Å². The topological polar surface area (TPSA) is 50.2 Å². The zero-order valence-electron chi connectivity index (χ0n) is 13.3. The van der Waals surface area contributed by atoms with Crippen LogP contribution in [0.1, 0.15) is 26.7 Å². The number of anilines is 1. The molecule has 1 fully saturated rings. The largest absolute Gasteiger partial charge is 0.382 e. The Kier molecular flexibility index (Phi) is 5.09. The van der Waals surface area contributed by atoms with Crippen molar-refractivity contribution in [1.82, 2.24) is 14.7 Å². The Morgan fingerprint density at radius 2 is 2.14 bits per heavy atom. The van der Waals surface area contributed by atoms with Crippen molar-refractivity contribution in [2.24, 2.45) is 11.3 Å². The van der Waals surface area contributed by atoms with Crippen molar-refractivity contribution in [3.63, 3.8) is 0 Å². The number of nitrogens with one attached hydrogen (secondary N) is 1. The molecule has 118 valence electrons. The first-order valence-electron chi connectivity index (χ1n) is 7.43. The predicted octanol–water partition coefficient (Wildman–Crippen LogP) is 2.42. The summed E-state index contributed by atoms with van der Waals surface area (Å²) < 4.78 is 2.15. The molecule has 0 aliphatic heterocycles. The highest BCUT2D eigenvalue weighted by Gasteiger charge is 2.24. The Hall–Kier alpha value is -0.880. The average Bonchev–Trinajstić information content (AvgIpc) is 3.16. The maximum Gasteiger partial charge on any atom is 0.283 e. The first kappa shape index (κ1) is 16.5. The molecule has 21 heavy (non-hydrogen) atoms. The van der Waals surface area contributed by atoms with Crippen molar-refractivity contribution in [2.45, 2.75) is 33.2 Å². The lowest BCUT2D eigenvalue weighted by atomic mass is 9.93. The van der Waals surface area contributed by atoms with Gasteiger partial charge in [0.05, 0.1) is 11.9 Å². The molecule has 2 rings (SSSR count). The first-order chi connectivity index (χ1) is 9.78. The highest BCUT2D eigenvalue weighted by Crippen LogP contribution is 2.30. The second-order valence-electron chi connectivity index (χ2n) is 7.06. The van der Waals surface area contributed by atoms with Crippen molar-refractivity contribution in [2.75, 3.05) is 32.5 Å². The van der Waals surface area contributed by atoms with Gasteiger partial charge in [-0.15, -0.1) is 0 Å². The van der Waals surface area contributed by atoms with Gasteiger partial charge in [0.1, 0.15) is 4.47 Å². The maximum absolute atomic E-state index is 12.3. The molecule has 1 aromatic rings. The Bertz CT molecular complexity index is 549. The van der Waals surface area contributed by atoms with E-state index in [1.165, 1.54) is 12.8 Å². The molecular formula is C15H25BrN4O. The molecule has 1 aliphatic rings. The van der Waals surface area contributed by atoms with Crippen LogP contribution in [0.5, 0.6) is 0 Å². The Labute approximate surface area is 134 Å². The van der Waals surface area contributed by atoms with Crippen molar-refractivity contribution in [1.29, 1.82) is 0 Å². The van der Waals surface area contributed by atoms with Crippen LogP contribution >= 0.6 is 15.9 Å². The van der Waals surface area contributed by atoms with Crippen molar-refractivity contribution >= 4 is 21.6 Å². The van der Waals surface area contributed by atoms with Crippen molar-refractivity contribution in [3.05, 3.63) is 21.0 Å². The standard InChI is InChI=1S/C15H25BrN4O/c1-15(2,10-19(3)4)9-17-12-7-18-20(8-11-5-6-11)14(21)13(12)16/h7,11,17H,5-6,8-10H2,1-4H3. The highest BCUT2D eigenvalue weighted by molar-refractivity contribution is 9.10. The third kappa shape index (κ3) is 4.81. The van der Waals surface area contributed by atoms with E-state index < -0.39 is 0 Å². The molecule has 1 aliphatic carbocycles. The monoisotopic (exact) mass is 356 g/mol. The summed E-state index contributed by atoms with van der Waals surface area (Å²) in [5.74, 6) is 0.639. The summed E-state index contributed by atoms with van der Waals surface area (Å²) >= 11 is 3.41. The Morgan fingerprint density at radius 3 is 2.71 bits per heavy atom. The minimum Gasteiger partial charge on any atom is -0.382 e. The van der Waals surface area contributed by atoms with Gasteiger partial charge in [-0.25, -0.2) is 4.68 Å². The lowest BCUT2D eigenvalue weighted by Gasteiger charge is -2.29. The van der Waals surface area contributed by atoms with Crippen LogP contribution in [0.15, 0.2) is 15.5 Å². The van der Waals surface area contributed by atoms with Gasteiger partial charge in [0.25, 0.3) is 5.56 Å². The summed E-state index contributed by atoms with van der Waals surface area (Å²) in [6.45, 7) is 6.91. The average molecular weight is 357 g/mol. The second kappa shape index (κ2) is 6.48. The SMILES string of the molecule is CN(C)CC(C)(C)CNc1cnn(CC2CC2)c(=O)c1Br. The number of aromatic nitrogens is 2. The van der Waals surface area contributed by atoms with E-state index in [-0.39, 0.29) is 11.0 Å². The minimum absolute atomic E-state index is 0.0442. The van der Waals surface area contributed by atoms with Gasteiger partial charge in [-0.2, -0.15) is 5.10 Å². The Balaban J connectivity index is 2.03. The molecule has 1 saturated carbocycles. The fourth-order valence-electron chi connectivity index (χ4n) is 2.51. The molecule has 0 aromatic carbocycles. The molecule has 1 aromatic heterocycles. The number of halogens is 1. The third-order valence-corrected chi connectivity index (χ3v) is 4.38. The zero-order valence-corrected chi connectivity index (χ0v) is 14.9. The minimum atomic E-state index is -0.0442. The smallest absolute Gasteiger partial charge is 0.283 e. The molecular weight excluding hydrogens is 332 g/mol. The quantitative estimate of drug-likeness (QED) is 0.814. The van der Waals surface area contributed by atoms with Crippen LogP contribution in [0.25, 0.3) is 0 Å². The normalized spacial score (nSPS) is 15.5. The van der Waals surface area contributed by atoms with Crippen LogP contribution in [0, 0.1) is 11.3 Å². The summed E-state index contributed by atoms with van der Waals surface area (Å²) in [5, 5.41) is 7.63. The van der Waals surface area contributed by atoms with Crippen LogP contribution in [0.2, 0.25) is 0 Å². The molecule has 0 saturated heterocycles. The van der Waals surface area contributed by atoms with Gasteiger partial charge in [-0.1, -0.05) is 13.8 Å². The zero-order chi connectivity index (χ0) is 15.6. The summed E-state index contributed by atoms with van der Waals surface area (Å²) in [6, 6.07) is 0. The molecule has 6 heteroatoms. The molecule has 0 spiro atoms. The van der Waals surface area contributed by atoms with Crippen LogP contribution in [-0.2, 0) is 6.54 Å². The summed E-state index contributed by atoms with van der Waals surface area (Å²) in [4.78, 5) is 14.4. The lowest BCUT2D eigenvalue weighted by molar-refractivity contribution is 0.254. The third-order valence-electron chi connectivity index (χ3n) is 3.61. The van der Waals surface area contributed by atoms with E-state index in [1.807, 2.05) is 0 Å². The number of rotatable bonds is 7. The molecule has 0 amide bonds. The molecule has 0 unspecified atom stereocenters. The van der Waals surface area contributed by atoms with E-state index in [1.54, 1.807) is 10.9 Å². The molecule has 1 heterocycles. The van der Waals surface area contributed by atoms with Gasteiger partial charge < -0.3 is 10.2 Å². The molecule has 0 radical (unpaired) electrons. The van der Waals surface area contributed by atoms with Crippen LogP contribution in [0.4, 0.5) is 5.69 Å². The fourth-order valence-corrected chi connectivity index (χ4v) is 2.96. The number of hydrogen-bond donors (Lipinski definition) is 1. The van der Waals surface area contributed by atoms with Gasteiger partial charge in [0, 0.05) is 19.6 Å². The first-order valence-corrected chi connectivity index (χ1v) is 8.22. The highest BCUT2D eigenvalue weighted by atomic mass is 79.9. The molecule has 0 bridgehead atoms. The summed E-state index contributed by atoms with van der Waals surface area (Å²) in [5.41, 5.74) is 0.849. The van der Waals surface area contributed by atoms with E-state index in [0.29, 0.717) is 10.4 Å².